The summed E-state index contributed by atoms with van der Waals surface area (Å²) in [5, 5.41) is 3.28. The number of anilines is 1. The summed E-state index contributed by atoms with van der Waals surface area (Å²) in [5.41, 5.74) is 2.66. The predicted molar refractivity (Wildman–Crippen MR) is 78.3 cm³/mol. The largest absolute Gasteiger partial charge is 0.361 e. The van der Waals surface area contributed by atoms with Gasteiger partial charge in [0.1, 0.15) is 0 Å². The maximum Gasteiger partial charge on any atom is 0.0556 e. The molecule has 0 saturated heterocycles. The molecule has 1 aromatic heterocycles. The molecule has 1 heterocycles. The van der Waals surface area contributed by atoms with Crippen LogP contribution in [0.2, 0.25) is 0 Å². The first kappa shape index (κ1) is 15.5. The van der Waals surface area contributed by atoms with Crippen LogP contribution in [0.15, 0.2) is 12.8 Å². The van der Waals surface area contributed by atoms with E-state index < -0.39 is 0 Å². The smallest absolute Gasteiger partial charge is 0.0556 e. The molecular formula is C13H22ClNS. The van der Waals surface area contributed by atoms with Gasteiger partial charge in [-0.3, -0.25) is 0 Å². The maximum absolute atomic E-state index is 3.75. The Hall–Kier alpha value is -0.470. The van der Waals surface area contributed by atoms with Gasteiger partial charge in [-0.1, -0.05) is 34.3 Å². The molecule has 0 saturated carbocycles. The second kappa shape index (κ2) is 6.31. The Balaban J connectivity index is 0.00000225. The van der Waals surface area contributed by atoms with Crippen LogP contribution in [0.1, 0.15) is 54.8 Å². The fraction of sp³-hybridized carbons (Fsp3) is 0.538. The average molecular weight is 260 g/mol. The van der Waals surface area contributed by atoms with Crippen LogP contribution in [-0.4, -0.2) is 0 Å². The van der Waals surface area contributed by atoms with Crippen molar-refractivity contribution in [1.82, 2.24) is 0 Å². The summed E-state index contributed by atoms with van der Waals surface area (Å²) in [6, 6.07) is 0. The summed E-state index contributed by atoms with van der Waals surface area (Å²) in [6.45, 7) is 14.9. The van der Waals surface area contributed by atoms with Gasteiger partial charge in [-0.2, -0.15) is 0 Å². The second-order valence-corrected chi connectivity index (χ2v) is 5.57. The van der Waals surface area contributed by atoms with E-state index in [2.05, 4.69) is 46.5 Å². The van der Waals surface area contributed by atoms with E-state index in [9.17, 15) is 0 Å². The van der Waals surface area contributed by atoms with Crippen molar-refractivity contribution in [3.63, 3.8) is 0 Å². The maximum atomic E-state index is 3.75. The van der Waals surface area contributed by atoms with Gasteiger partial charge >= 0.3 is 0 Å². The van der Waals surface area contributed by atoms with Crippen LogP contribution in [0.25, 0.3) is 0 Å². The summed E-state index contributed by atoms with van der Waals surface area (Å²) < 4.78 is 0. The standard InChI is InChI=1S/C13H21NS.ClH/c1-7-14-11-10(6)12(8(2)3)15-13(11)9(4)5;/h7-9,14H,1H2,2-6H3;1H. The summed E-state index contributed by atoms with van der Waals surface area (Å²) >= 11 is 1.93. The Morgan fingerprint density at radius 1 is 1.12 bits per heavy atom. The number of nitrogens with one attached hydrogen (secondary N) is 1. The number of hydrogen-bond acceptors (Lipinski definition) is 2. The zero-order chi connectivity index (χ0) is 11.6. The van der Waals surface area contributed by atoms with Crippen LogP contribution in [0, 0.1) is 6.92 Å². The molecule has 16 heavy (non-hydrogen) atoms. The van der Waals surface area contributed by atoms with Crippen LogP contribution < -0.4 is 5.32 Å². The molecule has 0 fully saturated rings. The Labute approximate surface area is 109 Å². The van der Waals surface area contributed by atoms with E-state index in [4.69, 9.17) is 0 Å². The third-order valence-corrected chi connectivity index (χ3v) is 4.40. The summed E-state index contributed by atoms with van der Waals surface area (Å²) in [5.74, 6) is 1.18. The highest BCUT2D eigenvalue weighted by Crippen LogP contribution is 2.40. The van der Waals surface area contributed by atoms with Crippen molar-refractivity contribution in [3.8, 4) is 0 Å². The highest BCUT2D eigenvalue weighted by molar-refractivity contribution is 7.13. The molecule has 3 heteroatoms. The highest BCUT2D eigenvalue weighted by Gasteiger charge is 2.17. The van der Waals surface area contributed by atoms with Gasteiger partial charge in [0.05, 0.1) is 5.69 Å². The minimum absolute atomic E-state index is 0. The molecule has 0 aromatic carbocycles. The molecule has 0 spiro atoms. The first-order valence-electron chi connectivity index (χ1n) is 5.49. The molecule has 0 unspecified atom stereocenters. The van der Waals surface area contributed by atoms with E-state index in [0.29, 0.717) is 11.8 Å². The third-order valence-electron chi connectivity index (χ3n) is 2.51. The molecule has 0 amide bonds. The zero-order valence-corrected chi connectivity index (χ0v) is 12.4. The monoisotopic (exact) mass is 259 g/mol. The molecule has 0 aliphatic rings. The molecule has 0 aliphatic carbocycles. The number of halogens is 1. The first-order chi connectivity index (χ1) is 6.99. The summed E-state index contributed by atoms with van der Waals surface area (Å²) in [6.07, 6.45) is 1.77. The highest BCUT2D eigenvalue weighted by atomic mass is 35.5. The van der Waals surface area contributed by atoms with Crippen molar-refractivity contribution in [2.75, 3.05) is 5.32 Å². The minimum Gasteiger partial charge on any atom is -0.361 e. The summed E-state index contributed by atoms with van der Waals surface area (Å²) in [4.78, 5) is 2.93. The van der Waals surface area contributed by atoms with Gasteiger partial charge in [-0.25, -0.2) is 0 Å². The van der Waals surface area contributed by atoms with E-state index in [1.807, 2.05) is 11.3 Å². The third kappa shape index (κ3) is 3.02. The SMILES string of the molecule is C=CNc1c(C(C)C)sc(C(C)C)c1C.Cl. The topological polar surface area (TPSA) is 12.0 Å². The van der Waals surface area contributed by atoms with Gasteiger partial charge < -0.3 is 5.32 Å². The van der Waals surface area contributed by atoms with Gasteiger partial charge in [-0.15, -0.1) is 23.7 Å². The van der Waals surface area contributed by atoms with Crippen molar-refractivity contribution in [1.29, 1.82) is 0 Å². The van der Waals surface area contributed by atoms with Gasteiger partial charge in [0.25, 0.3) is 0 Å². The van der Waals surface area contributed by atoms with Crippen molar-refractivity contribution < 1.29 is 0 Å². The average Bonchev–Trinajstić information content (AvgIpc) is 2.45. The summed E-state index contributed by atoms with van der Waals surface area (Å²) in [7, 11) is 0. The van der Waals surface area contributed by atoms with E-state index in [1.54, 1.807) is 6.20 Å². The van der Waals surface area contributed by atoms with E-state index >= 15 is 0 Å². The van der Waals surface area contributed by atoms with Gasteiger partial charge in [0.2, 0.25) is 0 Å². The molecule has 0 bridgehead atoms. The molecule has 0 radical (unpaired) electrons. The molecule has 1 rings (SSSR count). The van der Waals surface area contributed by atoms with Crippen molar-refractivity contribution in [3.05, 3.63) is 28.1 Å². The van der Waals surface area contributed by atoms with Crippen LogP contribution >= 0.6 is 23.7 Å². The number of hydrogen-bond donors (Lipinski definition) is 1. The Kier molecular flexibility index (Phi) is 6.13. The zero-order valence-electron chi connectivity index (χ0n) is 10.8. The Morgan fingerprint density at radius 3 is 2.00 bits per heavy atom. The van der Waals surface area contributed by atoms with Crippen LogP contribution in [0.5, 0.6) is 0 Å². The minimum atomic E-state index is 0. The number of rotatable bonds is 4. The van der Waals surface area contributed by atoms with Crippen molar-refractivity contribution >= 4 is 29.4 Å². The molecule has 1 N–H and O–H groups in total. The lowest BCUT2D eigenvalue weighted by Crippen LogP contribution is -1.93. The van der Waals surface area contributed by atoms with Gasteiger partial charge in [-0.05, 0) is 30.5 Å². The van der Waals surface area contributed by atoms with Gasteiger partial charge in [0, 0.05) is 9.75 Å². The van der Waals surface area contributed by atoms with Crippen LogP contribution in [0.3, 0.4) is 0 Å². The van der Waals surface area contributed by atoms with E-state index in [1.165, 1.54) is 21.0 Å². The molecule has 0 atom stereocenters. The van der Waals surface area contributed by atoms with Gasteiger partial charge in [0.15, 0.2) is 0 Å². The predicted octanol–water partition coefficient (Wildman–Crippen LogP) is 5.28. The lowest BCUT2D eigenvalue weighted by atomic mass is 10.0. The number of thiophene rings is 1. The Bertz CT molecular complexity index is 353. The lowest BCUT2D eigenvalue weighted by molar-refractivity contribution is 0.881. The van der Waals surface area contributed by atoms with Crippen molar-refractivity contribution in [2.24, 2.45) is 0 Å². The van der Waals surface area contributed by atoms with E-state index in [-0.39, 0.29) is 12.4 Å². The first-order valence-corrected chi connectivity index (χ1v) is 6.31. The lowest BCUT2D eigenvalue weighted by Gasteiger charge is -2.07. The second-order valence-electron chi connectivity index (χ2n) is 4.49. The van der Waals surface area contributed by atoms with Crippen LogP contribution in [0.4, 0.5) is 5.69 Å². The molecular weight excluding hydrogens is 238 g/mol. The molecule has 92 valence electrons. The normalized spacial score (nSPS) is 10.4. The molecule has 1 nitrogen and oxygen atoms in total. The van der Waals surface area contributed by atoms with Crippen molar-refractivity contribution in [2.45, 2.75) is 46.5 Å². The molecule has 1 aromatic rings. The van der Waals surface area contributed by atoms with Crippen LogP contribution in [-0.2, 0) is 0 Å². The fourth-order valence-corrected chi connectivity index (χ4v) is 3.07. The fourth-order valence-electron chi connectivity index (χ4n) is 1.79. The quantitative estimate of drug-likeness (QED) is 0.776. The van der Waals surface area contributed by atoms with E-state index in [0.717, 1.165) is 0 Å². The molecule has 0 aliphatic heterocycles. The Morgan fingerprint density at radius 2 is 1.62 bits per heavy atom.